The van der Waals surface area contributed by atoms with E-state index in [4.69, 9.17) is 15.5 Å². The van der Waals surface area contributed by atoms with Crippen LogP contribution in [0.2, 0.25) is 0 Å². The highest BCUT2D eigenvalue weighted by Gasteiger charge is 2.14. The predicted molar refractivity (Wildman–Crippen MR) is 85.1 cm³/mol. The molecule has 0 bridgehead atoms. The third kappa shape index (κ3) is 2.46. The maximum absolute atomic E-state index is 5.61. The van der Waals surface area contributed by atoms with Gasteiger partial charge in [0.2, 0.25) is 5.88 Å². The van der Waals surface area contributed by atoms with Gasteiger partial charge in [-0.2, -0.15) is 5.10 Å². The van der Waals surface area contributed by atoms with Crippen LogP contribution in [-0.4, -0.2) is 46.8 Å². The number of hydrogen-bond acceptors (Lipinski definition) is 6. The summed E-state index contributed by atoms with van der Waals surface area (Å²) in [5.41, 5.74) is 8.11. The maximum atomic E-state index is 5.61. The molecule has 7 heteroatoms. The summed E-state index contributed by atoms with van der Waals surface area (Å²) in [6.45, 7) is 1.31. The van der Waals surface area contributed by atoms with Crippen molar-refractivity contribution in [2.45, 2.75) is 0 Å². The fraction of sp³-hybridized carbons (Fsp3) is 0.267. The molecule has 3 aromatic heterocycles. The summed E-state index contributed by atoms with van der Waals surface area (Å²) in [6, 6.07) is 5.73. The molecule has 0 unspecified atom stereocenters. The second-order valence-electron chi connectivity index (χ2n) is 4.88. The lowest BCUT2D eigenvalue weighted by Gasteiger charge is -2.17. The molecule has 0 amide bonds. The van der Waals surface area contributed by atoms with Gasteiger partial charge in [-0.25, -0.2) is 14.5 Å². The molecule has 3 aromatic rings. The topological polar surface area (TPSA) is 81.6 Å². The van der Waals surface area contributed by atoms with Crippen molar-refractivity contribution >= 4 is 11.5 Å². The third-order valence-electron chi connectivity index (χ3n) is 3.46. The van der Waals surface area contributed by atoms with Gasteiger partial charge in [-0.15, -0.1) is 0 Å². The highest BCUT2D eigenvalue weighted by molar-refractivity contribution is 5.80. The number of hydrogen-bond donors (Lipinski definition) is 1. The molecular formula is C15H18N6O. The Bertz CT molecular complexity index is 785. The molecule has 0 aliphatic rings. The molecule has 0 aromatic carbocycles. The quantitative estimate of drug-likeness (QED) is 0.762. The number of nitrogens with zero attached hydrogens (tertiary/aromatic N) is 5. The molecule has 7 nitrogen and oxygen atoms in total. The van der Waals surface area contributed by atoms with Crippen LogP contribution >= 0.6 is 0 Å². The van der Waals surface area contributed by atoms with Gasteiger partial charge in [-0.3, -0.25) is 0 Å². The first-order valence-electron chi connectivity index (χ1n) is 6.99. The maximum Gasteiger partial charge on any atom is 0.221 e. The van der Waals surface area contributed by atoms with Gasteiger partial charge in [-0.1, -0.05) is 0 Å². The first kappa shape index (κ1) is 14.3. The van der Waals surface area contributed by atoms with E-state index in [-0.39, 0.29) is 0 Å². The number of anilines is 1. The second kappa shape index (κ2) is 5.98. The molecule has 0 aliphatic carbocycles. The van der Waals surface area contributed by atoms with E-state index in [2.05, 4.69) is 10.1 Å². The Hall–Kier alpha value is -2.67. The summed E-state index contributed by atoms with van der Waals surface area (Å²) in [5, 5.41) is 4.34. The number of fused-ring (bicyclic) bond motifs is 1. The van der Waals surface area contributed by atoms with Crippen molar-refractivity contribution < 1.29 is 4.74 Å². The predicted octanol–water partition coefficient (Wildman–Crippen LogP) is 1.19. The summed E-state index contributed by atoms with van der Waals surface area (Å²) in [5.74, 6) is 1.41. The Morgan fingerprint density at radius 3 is 2.95 bits per heavy atom. The smallest absolute Gasteiger partial charge is 0.221 e. The Morgan fingerprint density at radius 1 is 1.32 bits per heavy atom. The normalized spacial score (nSPS) is 10.9. The van der Waals surface area contributed by atoms with Crippen molar-refractivity contribution in [3.8, 4) is 17.0 Å². The summed E-state index contributed by atoms with van der Waals surface area (Å²) in [7, 11) is 3.57. The molecule has 3 heterocycles. The Kier molecular flexibility index (Phi) is 3.88. The van der Waals surface area contributed by atoms with Gasteiger partial charge in [0.1, 0.15) is 5.82 Å². The lowest BCUT2D eigenvalue weighted by Crippen LogP contribution is -2.25. The SMILES string of the molecule is COc1ncccc1-c1cnn2ccc(N(C)CCN)nc12. The average Bonchev–Trinajstić information content (AvgIpc) is 2.98. The van der Waals surface area contributed by atoms with Crippen molar-refractivity contribution in [1.82, 2.24) is 19.6 Å². The molecule has 0 atom stereocenters. The second-order valence-corrected chi connectivity index (χ2v) is 4.88. The van der Waals surface area contributed by atoms with Crippen molar-refractivity contribution in [3.63, 3.8) is 0 Å². The highest BCUT2D eigenvalue weighted by atomic mass is 16.5. The minimum atomic E-state index is 0.555. The van der Waals surface area contributed by atoms with E-state index < -0.39 is 0 Å². The fourth-order valence-electron chi connectivity index (χ4n) is 2.33. The number of pyridine rings is 1. The largest absolute Gasteiger partial charge is 0.481 e. The molecule has 0 fully saturated rings. The van der Waals surface area contributed by atoms with E-state index in [9.17, 15) is 0 Å². The van der Waals surface area contributed by atoms with Gasteiger partial charge in [-0.05, 0) is 18.2 Å². The molecule has 2 N–H and O–H groups in total. The Balaban J connectivity index is 2.12. The Morgan fingerprint density at radius 2 is 2.18 bits per heavy atom. The van der Waals surface area contributed by atoms with Gasteiger partial charge in [0, 0.05) is 38.1 Å². The lowest BCUT2D eigenvalue weighted by atomic mass is 10.1. The summed E-state index contributed by atoms with van der Waals surface area (Å²) in [6.07, 6.45) is 5.35. The van der Waals surface area contributed by atoms with Gasteiger partial charge in [0.05, 0.1) is 18.9 Å². The number of aromatic nitrogens is 4. The van der Waals surface area contributed by atoms with Crippen LogP contribution in [0.3, 0.4) is 0 Å². The van der Waals surface area contributed by atoms with Gasteiger partial charge in [0.15, 0.2) is 5.65 Å². The van der Waals surface area contributed by atoms with Crippen LogP contribution in [0, 0.1) is 0 Å². The molecule has 0 saturated carbocycles. The minimum absolute atomic E-state index is 0.555. The van der Waals surface area contributed by atoms with Crippen LogP contribution in [-0.2, 0) is 0 Å². The lowest BCUT2D eigenvalue weighted by molar-refractivity contribution is 0.400. The van der Waals surface area contributed by atoms with E-state index in [1.54, 1.807) is 24.0 Å². The van der Waals surface area contributed by atoms with Crippen LogP contribution in [0.15, 0.2) is 36.8 Å². The van der Waals surface area contributed by atoms with E-state index >= 15 is 0 Å². The van der Waals surface area contributed by atoms with Gasteiger partial charge < -0.3 is 15.4 Å². The number of nitrogens with two attached hydrogens (primary N) is 1. The van der Waals surface area contributed by atoms with Crippen molar-refractivity contribution in [3.05, 3.63) is 36.8 Å². The van der Waals surface area contributed by atoms with Crippen molar-refractivity contribution in [1.29, 1.82) is 0 Å². The van der Waals surface area contributed by atoms with Crippen LogP contribution < -0.4 is 15.4 Å². The zero-order valence-corrected chi connectivity index (χ0v) is 12.6. The van der Waals surface area contributed by atoms with Crippen molar-refractivity contribution in [2.24, 2.45) is 5.73 Å². The standard InChI is InChI=1S/C15H18N6O/c1-20(9-6-16)13-5-8-21-14(19-13)12(10-18-21)11-4-3-7-17-15(11)22-2/h3-5,7-8,10H,6,9,16H2,1-2H3. The van der Waals surface area contributed by atoms with E-state index in [1.165, 1.54) is 0 Å². The van der Waals surface area contributed by atoms with E-state index in [1.807, 2.05) is 36.3 Å². The van der Waals surface area contributed by atoms with E-state index in [0.717, 1.165) is 29.1 Å². The number of methoxy groups -OCH3 is 1. The fourth-order valence-corrected chi connectivity index (χ4v) is 2.33. The number of likely N-dealkylation sites (N-methyl/N-ethyl adjacent to an activating group) is 1. The summed E-state index contributed by atoms with van der Waals surface area (Å²) < 4.78 is 7.07. The highest BCUT2D eigenvalue weighted by Crippen LogP contribution is 2.30. The van der Waals surface area contributed by atoms with Crippen LogP contribution in [0.5, 0.6) is 5.88 Å². The zero-order valence-electron chi connectivity index (χ0n) is 12.6. The first-order valence-corrected chi connectivity index (χ1v) is 6.99. The summed E-state index contributed by atoms with van der Waals surface area (Å²) >= 11 is 0. The molecule has 0 spiro atoms. The monoisotopic (exact) mass is 298 g/mol. The molecule has 0 saturated heterocycles. The zero-order chi connectivity index (χ0) is 15.5. The molecule has 22 heavy (non-hydrogen) atoms. The van der Waals surface area contributed by atoms with E-state index in [0.29, 0.717) is 12.4 Å². The van der Waals surface area contributed by atoms with Crippen LogP contribution in [0.4, 0.5) is 5.82 Å². The van der Waals surface area contributed by atoms with Crippen LogP contribution in [0.25, 0.3) is 16.8 Å². The Labute approximate surface area is 128 Å². The first-order chi connectivity index (χ1) is 10.7. The number of rotatable bonds is 5. The minimum Gasteiger partial charge on any atom is -0.481 e. The average molecular weight is 298 g/mol. The summed E-state index contributed by atoms with van der Waals surface area (Å²) in [4.78, 5) is 10.9. The number of ether oxygens (including phenoxy) is 1. The molecule has 114 valence electrons. The molecule has 0 aliphatic heterocycles. The van der Waals surface area contributed by atoms with Gasteiger partial charge >= 0.3 is 0 Å². The third-order valence-corrected chi connectivity index (χ3v) is 3.46. The molecule has 0 radical (unpaired) electrons. The van der Waals surface area contributed by atoms with Crippen molar-refractivity contribution in [2.75, 3.05) is 32.1 Å². The van der Waals surface area contributed by atoms with Gasteiger partial charge in [0.25, 0.3) is 0 Å². The molecular weight excluding hydrogens is 280 g/mol. The van der Waals surface area contributed by atoms with Crippen LogP contribution in [0.1, 0.15) is 0 Å². The molecule has 3 rings (SSSR count).